The van der Waals surface area contributed by atoms with E-state index in [9.17, 15) is 4.79 Å². The summed E-state index contributed by atoms with van der Waals surface area (Å²) in [6, 6.07) is 13.9. The van der Waals surface area contributed by atoms with Crippen molar-refractivity contribution >= 4 is 28.7 Å². The van der Waals surface area contributed by atoms with Gasteiger partial charge in [-0.05, 0) is 62.8 Å². The van der Waals surface area contributed by atoms with Crippen molar-refractivity contribution in [1.82, 2.24) is 9.88 Å². The Balaban J connectivity index is 1.67. The topological polar surface area (TPSA) is 61.6 Å². The first-order chi connectivity index (χ1) is 14.0. The van der Waals surface area contributed by atoms with Gasteiger partial charge in [-0.25, -0.2) is 0 Å². The number of aromatic nitrogens is 1. The Morgan fingerprint density at radius 1 is 1.07 bits per heavy atom. The molecule has 2 aromatic carbocycles. The van der Waals surface area contributed by atoms with Crippen LogP contribution in [-0.4, -0.2) is 50.0 Å². The number of unbranched alkanes of at least 4 members (excludes halogenated alkanes) is 1. The average molecular weight is 395 g/mol. The van der Waals surface area contributed by atoms with Gasteiger partial charge in [0.2, 0.25) is 0 Å². The van der Waals surface area contributed by atoms with Gasteiger partial charge < -0.3 is 19.5 Å². The molecule has 0 aliphatic heterocycles. The van der Waals surface area contributed by atoms with Crippen LogP contribution in [0.3, 0.4) is 0 Å². The predicted octanol–water partition coefficient (Wildman–Crippen LogP) is 4.42. The van der Waals surface area contributed by atoms with Crippen LogP contribution in [0.15, 0.2) is 46.9 Å². The van der Waals surface area contributed by atoms with Crippen LogP contribution in [0.5, 0.6) is 0 Å². The van der Waals surface area contributed by atoms with Crippen molar-refractivity contribution in [2.45, 2.75) is 26.2 Å². The van der Waals surface area contributed by atoms with Gasteiger partial charge >= 0.3 is 0 Å². The van der Waals surface area contributed by atoms with Gasteiger partial charge in [0.15, 0.2) is 5.58 Å². The number of oxazole rings is 1. The lowest BCUT2D eigenvalue weighted by molar-refractivity contribution is 0.102. The third-order valence-electron chi connectivity index (χ3n) is 4.88. The number of amides is 1. The highest BCUT2D eigenvalue weighted by Gasteiger charge is 2.12. The van der Waals surface area contributed by atoms with Gasteiger partial charge in [0.05, 0.1) is 0 Å². The van der Waals surface area contributed by atoms with Crippen LogP contribution in [0.4, 0.5) is 11.7 Å². The van der Waals surface area contributed by atoms with E-state index < -0.39 is 0 Å². The highest BCUT2D eigenvalue weighted by Crippen LogP contribution is 2.24. The largest absolute Gasteiger partial charge is 0.423 e. The van der Waals surface area contributed by atoms with Crippen molar-refractivity contribution in [2.75, 3.05) is 44.4 Å². The van der Waals surface area contributed by atoms with E-state index >= 15 is 0 Å². The molecule has 0 aliphatic rings. The first-order valence-electron chi connectivity index (χ1n) is 10.1. The molecular weight excluding hydrogens is 364 g/mol. The van der Waals surface area contributed by atoms with Gasteiger partial charge in [-0.2, -0.15) is 4.98 Å². The van der Waals surface area contributed by atoms with E-state index in [1.54, 1.807) is 0 Å². The molecule has 0 fully saturated rings. The molecule has 0 saturated heterocycles. The Kier molecular flexibility index (Phi) is 6.88. The van der Waals surface area contributed by atoms with Crippen molar-refractivity contribution in [1.29, 1.82) is 0 Å². The molecule has 1 amide bonds. The van der Waals surface area contributed by atoms with E-state index in [4.69, 9.17) is 4.42 Å². The average Bonchev–Trinajstić information content (AvgIpc) is 3.14. The molecule has 0 bridgehead atoms. The molecule has 1 heterocycles. The zero-order chi connectivity index (χ0) is 20.8. The predicted molar refractivity (Wildman–Crippen MR) is 119 cm³/mol. The Morgan fingerprint density at radius 3 is 2.52 bits per heavy atom. The summed E-state index contributed by atoms with van der Waals surface area (Å²) in [7, 11) is 6.03. The Morgan fingerprint density at radius 2 is 1.83 bits per heavy atom. The number of nitrogens with one attached hydrogen (secondary N) is 1. The van der Waals surface area contributed by atoms with Crippen molar-refractivity contribution < 1.29 is 9.21 Å². The zero-order valence-electron chi connectivity index (χ0n) is 17.7. The lowest BCUT2D eigenvalue weighted by Gasteiger charge is -2.17. The standard InChI is InChI=1S/C23H30N4O2/c1-5-6-7-17-8-10-18(11-9-17)22(28)24-19-12-13-21-20(16-19)25-23(29-21)27(4)15-14-26(2)3/h8-13,16H,5-7,14-15H2,1-4H3,(H,24,28). The van der Waals surface area contributed by atoms with Crippen LogP contribution in [0.25, 0.3) is 11.1 Å². The molecule has 0 aliphatic carbocycles. The summed E-state index contributed by atoms with van der Waals surface area (Å²) in [5.74, 6) is -0.127. The number of rotatable bonds is 9. The summed E-state index contributed by atoms with van der Waals surface area (Å²) in [6.07, 6.45) is 3.38. The van der Waals surface area contributed by atoms with Gasteiger partial charge in [-0.1, -0.05) is 25.5 Å². The molecule has 1 N–H and O–H groups in total. The molecule has 1 aromatic heterocycles. The maximum atomic E-state index is 12.6. The van der Waals surface area contributed by atoms with Crippen molar-refractivity contribution in [3.05, 3.63) is 53.6 Å². The van der Waals surface area contributed by atoms with Crippen LogP contribution >= 0.6 is 0 Å². The number of carbonyl (C=O) groups is 1. The quantitative estimate of drug-likeness (QED) is 0.582. The minimum atomic E-state index is -0.127. The van der Waals surface area contributed by atoms with Crippen molar-refractivity contribution in [3.63, 3.8) is 0 Å². The minimum Gasteiger partial charge on any atom is -0.423 e. The number of nitrogens with zero attached hydrogens (tertiary/aromatic N) is 3. The number of anilines is 2. The number of hydrogen-bond donors (Lipinski definition) is 1. The monoisotopic (exact) mass is 394 g/mol. The van der Waals surface area contributed by atoms with E-state index in [-0.39, 0.29) is 5.91 Å². The molecular formula is C23H30N4O2. The molecule has 0 spiro atoms. The molecule has 0 atom stereocenters. The van der Waals surface area contributed by atoms with E-state index in [0.717, 1.165) is 31.4 Å². The first-order valence-corrected chi connectivity index (χ1v) is 10.1. The highest BCUT2D eigenvalue weighted by atomic mass is 16.4. The molecule has 29 heavy (non-hydrogen) atoms. The van der Waals surface area contributed by atoms with Gasteiger partial charge in [-0.3, -0.25) is 4.79 Å². The molecule has 6 heteroatoms. The van der Waals surface area contributed by atoms with E-state index in [1.165, 1.54) is 12.0 Å². The number of fused-ring (bicyclic) bond motifs is 1. The summed E-state index contributed by atoms with van der Waals surface area (Å²) >= 11 is 0. The summed E-state index contributed by atoms with van der Waals surface area (Å²) in [6.45, 7) is 3.91. The van der Waals surface area contributed by atoms with E-state index in [1.807, 2.05) is 68.5 Å². The second kappa shape index (κ2) is 9.56. The van der Waals surface area contributed by atoms with E-state index in [2.05, 4.69) is 22.1 Å². The van der Waals surface area contributed by atoms with Gasteiger partial charge in [0.1, 0.15) is 5.52 Å². The fraction of sp³-hybridized carbons (Fsp3) is 0.391. The second-order valence-corrected chi connectivity index (χ2v) is 7.66. The Bertz CT molecular complexity index is 947. The normalized spacial score (nSPS) is 11.2. The molecule has 0 radical (unpaired) electrons. The first kappa shape index (κ1) is 20.9. The number of likely N-dealkylation sites (N-methyl/N-ethyl adjacent to an activating group) is 2. The van der Waals surface area contributed by atoms with Gasteiger partial charge in [0, 0.05) is 31.4 Å². The summed E-state index contributed by atoms with van der Waals surface area (Å²) in [4.78, 5) is 21.2. The molecule has 3 aromatic rings. The molecule has 6 nitrogen and oxygen atoms in total. The maximum Gasteiger partial charge on any atom is 0.298 e. The Labute approximate surface area is 172 Å². The maximum absolute atomic E-state index is 12.6. The molecule has 3 rings (SSSR count). The van der Waals surface area contributed by atoms with Gasteiger partial charge in [-0.15, -0.1) is 0 Å². The third-order valence-corrected chi connectivity index (χ3v) is 4.88. The number of benzene rings is 2. The zero-order valence-corrected chi connectivity index (χ0v) is 17.7. The molecule has 154 valence electrons. The number of carbonyl (C=O) groups excluding carboxylic acids is 1. The smallest absolute Gasteiger partial charge is 0.298 e. The van der Waals surface area contributed by atoms with Crippen LogP contribution in [-0.2, 0) is 6.42 Å². The van der Waals surface area contributed by atoms with Crippen LogP contribution in [0, 0.1) is 0 Å². The molecule has 0 saturated carbocycles. The summed E-state index contributed by atoms with van der Waals surface area (Å²) in [5, 5.41) is 2.95. The van der Waals surface area contributed by atoms with Crippen LogP contribution in [0.2, 0.25) is 0 Å². The summed E-state index contributed by atoms with van der Waals surface area (Å²) < 4.78 is 5.84. The third kappa shape index (κ3) is 5.57. The fourth-order valence-corrected chi connectivity index (χ4v) is 3.01. The van der Waals surface area contributed by atoms with E-state index in [0.29, 0.717) is 22.8 Å². The van der Waals surface area contributed by atoms with Crippen molar-refractivity contribution in [2.24, 2.45) is 0 Å². The summed E-state index contributed by atoms with van der Waals surface area (Å²) in [5.41, 5.74) is 4.04. The molecule has 0 unspecified atom stereocenters. The van der Waals surface area contributed by atoms with Crippen LogP contribution in [0.1, 0.15) is 35.7 Å². The Hall–Kier alpha value is -2.86. The van der Waals surface area contributed by atoms with Crippen molar-refractivity contribution in [3.8, 4) is 0 Å². The second-order valence-electron chi connectivity index (χ2n) is 7.66. The SMILES string of the molecule is CCCCc1ccc(C(=O)Nc2ccc3oc(N(C)CCN(C)C)nc3c2)cc1. The van der Waals surface area contributed by atoms with Gasteiger partial charge in [0.25, 0.3) is 11.9 Å². The van der Waals surface area contributed by atoms with Crippen LogP contribution < -0.4 is 10.2 Å². The fourth-order valence-electron chi connectivity index (χ4n) is 3.01. The number of aryl methyl sites for hydroxylation is 1. The minimum absolute atomic E-state index is 0.127. The lowest BCUT2D eigenvalue weighted by atomic mass is 10.1. The highest BCUT2D eigenvalue weighted by molar-refractivity contribution is 6.04. The number of hydrogen-bond acceptors (Lipinski definition) is 5. The lowest BCUT2D eigenvalue weighted by Crippen LogP contribution is -2.28.